The number of nitrogen functional groups attached to an aromatic ring is 1. The number of aromatic nitrogens is 2. The second kappa shape index (κ2) is 4.72. The largest absolute Gasteiger partial charge is 0.399 e. The Morgan fingerprint density at radius 3 is 3.05 bits per heavy atom. The Morgan fingerprint density at radius 2 is 2.26 bits per heavy atom. The molecular formula is C13H15N5O. The smallest absolute Gasteiger partial charge is 0.220 e. The number of hydrogen-bond acceptors (Lipinski definition) is 5. The Labute approximate surface area is 110 Å². The minimum Gasteiger partial charge on any atom is -0.399 e. The van der Waals surface area contributed by atoms with E-state index in [1.165, 1.54) is 6.33 Å². The quantitative estimate of drug-likeness (QED) is 0.695. The van der Waals surface area contributed by atoms with Gasteiger partial charge in [0.15, 0.2) is 0 Å². The molecule has 0 radical (unpaired) electrons. The third kappa shape index (κ3) is 2.42. The van der Waals surface area contributed by atoms with Crippen LogP contribution in [0.2, 0.25) is 0 Å². The van der Waals surface area contributed by atoms with Crippen LogP contribution in [0.25, 0.3) is 10.9 Å². The van der Waals surface area contributed by atoms with Crippen molar-refractivity contribution in [3.05, 3.63) is 24.5 Å². The second-order valence-corrected chi connectivity index (χ2v) is 4.68. The SMILES string of the molecule is Nc1ccc2ncnc(NC3CCC(=O)NC3)c2c1. The number of amides is 1. The first kappa shape index (κ1) is 11.7. The molecule has 0 spiro atoms. The van der Waals surface area contributed by atoms with Gasteiger partial charge in [-0.25, -0.2) is 9.97 Å². The fraction of sp³-hybridized carbons (Fsp3) is 0.308. The number of benzene rings is 1. The number of carbonyl (C=O) groups excluding carboxylic acids is 1. The van der Waals surface area contributed by atoms with Gasteiger partial charge in [0.25, 0.3) is 0 Å². The van der Waals surface area contributed by atoms with E-state index in [1.807, 2.05) is 18.2 Å². The van der Waals surface area contributed by atoms with Crippen LogP contribution in [0, 0.1) is 0 Å². The van der Waals surface area contributed by atoms with Crippen molar-refractivity contribution in [2.75, 3.05) is 17.6 Å². The number of hydrogen-bond donors (Lipinski definition) is 3. The monoisotopic (exact) mass is 257 g/mol. The van der Waals surface area contributed by atoms with Gasteiger partial charge in [-0.2, -0.15) is 0 Å². The Morgan fingerprint density at radius 1 is 1.37 bits per heavy atom. The summed E-state index contributed by atoms with van der Waals surface area (Å²) in [7, 11) is 0. The molecule has 2 aromatic rings. The lowest BCUT2D eigenvalue weighted by molar-refractivity contribution is -0.122. The molecule has 4 N–H and O–H groups in total. The fourth-order valence-electron chi connectivity index (χ4n) is 2.24. The zero-order valence-corrected chi connectivity index (χ0v) is 10.4. The van der Waals surface area contributed by atoms with Gasteiger partial charge in [-0.05, 0) is 24.6 Å². The number of fused-ring (bicyclic) bond motifs is 1. The molecule has 0 saturated carbocycles. The minimum atomic E-state index is 0.106. The van der Waals surface area contributed by atoms with Crippen LogP contribution in [0.15, 0.2) is 24.5 Å². The topological polar surface area (TPSA) is 92.9 Å². The maximum absolute atomic E-state index is 11.1. The summed E-state index contributed by atoms with van der Waals surface area (Å²) in [5.41, 5.74) is 7.34. The van der Waals surface area contributed by atoms with Crippen molar-refractivity contribution in [1.29, 1.82) is 0 Å². The predicted octanol–water partition coefficient (Wildman–Crippen LogP) is 0.902. The Kier molecular flexibility index (Phi) is 2.91. The van der Waals surface area contributed by atoms with Crippen molar-refractivity contribution in [2.45, 2.75) is 18.9 Å². The molecule has 1 aliphatic heterocycles. The Bertz CT molecular complexity index is 617. The molecule has 6 nitrogen and oxygen atoms in total. The van der Waals surface area contributed by atoms with E-state index in [9.17, 15) is 4.79 Å². The number of anilines is 2. The van der Waals surface area contributed by atoms with Crippen LogP contribution in [0.3, 0.4) is 0 Å². The molecule has 6 heteroatoms. The van der Waals surface area contributed by atoms with Crippen molar-refractivity contribution in [1.82, 2.24) is 15.3 Å². The molecule has 1 unspecified atom stereocenters. The molecule has 1 saturated heterocycles. The molecule has 3 rings (SSSR count). The molecular weight excluding hydrogens is 242 g/mol. The number of piperidine rings is 1. The minimum absolute atomic E-state index is 0.106. The highest BCUT2D eigenvalue weighted by molar-refractivity contribution is 5.91. The van der Waals surface area contributed by atoms with Gasteiger partial charge in [-0.3, -0.25) is 4.79 Å². The zero-order valence-electron chi connectivity index (χ0n) is 10.4. The van der Waals surface area contributed by atoms with Gasteiger partial charge < -0.3 is 16.4 Å². The van der Waals surface area contributed by atoms with Gasteiger partial charge in [-0.1, -0.05) is 0 Å². The Balaban J connectivity index is 1.88. The van der Waals surface area contributed by atoms with E-state index in [4.69, 9.17) is 5.73 Å². The van der Waals surface area contributed by atoms with Crippen LogP contribution in [0.1, 0.15) is 12.8 Å². The first-order valence-corrected chi connectivity index (χ1v) is 6.26. The lowest BCUT2D eigenvalue weighted by Crippen LogP contribution is -2.42. The summed E-state index contributed by atoms with van der Waals surface area (Å²) >= 11 is 0. The van der Waals surface area contributed by atoms with Crippen molar-refractivity contribution >= 4 is 28.3 Å². The summed E-state index contributed by atoms with van der Waals surface area (Å²) in [4.78, 5) is 19.6. The highest BCUT2D eigenvalue weighted by atomic mass is 16.1. The van der Waals surface area contributed by atoms with Gasteiger partial charge in [-0.15, -0.1) is 0 Å². The van der Waals surface area contributed by atoms with Crippen LogP contribution in [-0.2, 0) is 4.79 Å². The third-order valence-corrected chi connectivity index (χ3v) is 3.27. The first-order valence-electron chi connectivity index (χ1n) is 6.26. The van der Waals surface area contributed by atoms with Gasteiger partial charge in [0.05, 0.1) is 5.52 Å². The van der Waals surface area contributed by atoms with Crippen molar-refractivity contribution in [3.63, 3.8) is 0 Å². The van der Waals surface area contributed by atoms with Crippen LogP contribution < -0.4 is 16.4 Å². The molecule has 1 atom stereocenters. The molecule has 1 fully saturated rings. The first-order chi connectivity index (χ1) is 9.22. The summed E-state index contributed by atoms with van der Waals surface area (Å²) in [6, 6.07) is 5.75. The van der Waals surface area contributed by atoms with E-state index in [0.717, 1.165) is 23.1 Å². The summed E-state index contributed by atoms with van der Waals surface area (Å²) in [5.74, 6) is 0.869. The summed E-state index contributed by atoms with van der Waals surface area (Å²) in [5, 5.41) is 7.09. The number of nitrogens with zero attached hydrogens (tertiary/aromatic N) is 2. The fourth-order valence-corrected chi connectivity index (χ4v) is 2.24. The van der Waals surface area contributed by atoms with Crippen LogP contribution in [-0.4, -0.2) is 28.5 Å². The normalized spacial score (nSPS) is 19.2. The lowest BCUT2D eigenvalue weighted by Gasteiger charge is -2.24. The average Bonchev–Trinajstić information content (AvgIpc) is 2.42. The van der Waals surface area contributed by atoms with Crippen LogP contribution in [0.4, 0.5) is 11.5 Å². The van der Waals surface area contributed by atoms with E-state index >= 15 is 0 Å². The van der Waals surface area contributed by atoms with Crippen molar-refractivity contribution in [3.8, 4) is 0 Å². The Hall–Kier alpha value is -2.37. The standard InChI is InChI=1S/C13H15N5O/c14-8-1-3-11-10(5-8)13(17-7-16-11)18-9-2-4-12(19)15-6-9/h1,3,5,7,9H,2,4,6,14H2,(H,15,19)(H,16,17,18). The van der Waals surface area contributed by atoms with E-state index in [0.29, 0.717) is 18.7 Å². The number of nitrogens with one attached hydrogen (secondary N) is 2. The third-order valence-electron chi connectivity index (χ3n) is 3.27. The predicted molar refractivity (Wildman–Crippen MR) is 73.6 cm³/mol. The second-order valence-electron chi connectivity index (χ2n) is 4.68. The summed E-state index contributed by atoms with van der Waals surface area (Å²) < 4.78 is 0. The highest BCUT2D eigenvalue weighted by Crippen LogP contribution is 2.23. The number of rotatable bonds is 2. The maximum Gasteiger partial charge on any atom is 0.220 e. The number of nitrogens with two attached hydrogens (primary N) is 1. The van der Waals surface area contributed by atoms with Gasteiger partial charge >= 0.3 is 0 Å². The maximum atomic E-state index is 11.1. The summed E-state index contributed by atoms with van der Waals surface area (Å²) in [6.45, 7) is 0.618. The van der Waals surface area contributed by atoms with Crippen molar-refractivity contribution < 1.29 is 4.79 Å². The molecule has 2 heterocycles. The molecule has 0 bridgehead atoms. The van der Waals surface area contributed by atoms with Crippen molar-refractivity contribution in [2.24, 2.45) is 0 Å². The van der Waals surface area contributed by atoms with E-state index < -0.39 is 0 Å². The average molecular weight is 257 g/mol. The highest BCUT2D eigenvalue weighted by Gasteiger charge is 2.18. The van der Waals surface area contributed by atoms with E-state index in [-0.39, 0.29) is 11.9 Å². The van der Waals surface area contributed by atoms with Gasteiger partial charge in [0.2, 0.25) is 5.91 Å². The molecule has 19 heavy (non-hydrogen) atoms. The molecule has 1 aromatic carbocycles. The van der Waals surface area contributed by atoms with Crippen LogP contribution in [0.5, 0.6) is 0 Å². The number of carbonyl (C=O) groups is 1. The zero-order chi connectivity index (χ0) is 13.2. The van der Waals surface area contributed by atoms with Gasteiger partial charge in [0, 0.05) is 30.1 Å². The van der Waals surface area contributed by atoms with E-state index in [1.54, 1.807) is 0 Å². The molecule has 1 amide bonds. The van der Waals surface area contributed by atoms with Crippen LogP contribution >= 0.6 is 0 Å². The molecule has 1 aromatic heterocycles. The molecule has 98 valence electrons. The molecule has 1 aliphatic rings. The lowest BCUT2D eigenvalue weighted by atomic mass is 10.1. The summed E-state index contributed by atoms with van der Waals surface area (Å²) in [6.07, 6.45) is 2.88. The van der Waals surface area contributed by atoms with E-state index in [2.05, 4.69) is 20.6 Å². The van der Waals surface area contributed by atoms with Gasteiger partial charge in [0.1, 0.15) is 12.1 Å². The molecule has 0 aliphatic carbocycles.